The van der Waals surface area contributed by atoms with E-state index in [0.717, 1.165) is 11.4 Å². The zero-order valence-electron chi connectivity index (χ0n) is 9.32. The predicted molar refractivity (Wildman–Crippen MR) is 62.3 cm³/mol. The van der Waals surface area contributed by atoms with Crippen molar-refractivity contribution < 1.29 is 4.79 Å². The second-order valence-corrected chi connectivity index (χ2v) is 4.05. The number of benzene rings is 1. The van der Waals surface area contributed by atoms with Crippen LogP contribution in [0.15, 0.2) is 18.2 Å². The lowest BCUT2D eigenvalue weighted by Crippen LogP contribution is -2.44. The van der Waals surface area contributed by atoms with Gasteiger partial charge in [0.1, 0.15) is 0 Å². The summed E-state index contributed by atoms with van der Waals surface area (Å²) >= 11 is 0. The van der Waals surface area contributed by atoms with E-state index in [1.54, 1.807) is 17.0 Å². The molecule has 1 aliphatic heterocycles. The predicted octanol–water partition coefficient (Wildman–Crippen LogP) is 1.73. The quantitative estimate of drug-likeness (QED) is 0.776. The number of nitrogens with one attached hydrogen (secondary N) is 1. The summed E-state index contributed by atoms with van der Waals surface area (Å²) in [4.78, 5) is 13.5. The fourth-order valence-electron chi connectivity index (χ4n) is 1.91. The molecule has 16 heavy (non-hydrogen) atoms. The van der Waals surface area contributed by atoms with Crippen molar-refractivity contribution in [3.05, 3.63) is 23.8 Å². The number of rotatable bonds is 1. The van der Waals surface area contributed by atoms with Crippen LogP contribution < -0.4 is 10.2 Å². The Morgan fingerprint density at radius 3 is 2.88 bits per heavy atom. The zero-order chi connectivity index (χ0) is 11.7. The van der Waals surface area contributed by atoms with Crippen LogP contribution in [0.25, 0.3) is 0 Å². The topological polar surface area (TPSA) is 56.1 Å². The van der Waals surface area contributed by atoms with E-state index < -0.39 is 0 Å². The number of hydrogen-bond donors (Lipinski definition) is 1. The van der Waals surface area contributed by atoms with Crippen LogP contribution in [-0.2, 0) is 4.79 Å². The van der Waals surface area contributed by atoms with E-state index in [2.05, 4.69) is 11.4 Å². The van der Waals surface area contributed by atoms with Crippen molar-refractivity contribution in [2.45, 2.75) is 19.9 Å². The summed E-state index contributed by atoms with van der Waals surface area (Å²) in [5, 5.41) is 11.9. The van der Waals surface area contributed by atoms with Gasteiger partial charge in [-0.1, -0.05) is 0 Å². The van der Waals surface area contributed by atoms with Crippen LogP contribution in [0.4, 0.5) is 11.4 Å². The van der Waals surface area contributed by atoms with Crippen molar-refractivity contribution in [1.29, 1.82) is 5.26 Å². The summed E-state index contributed by atoms with van der Waals surface area (Å²) in [6.45, 7) is 4.25. The highest BCUT2D eigenvalue weighted by Crippen LogP contribution is 2.31. The van der Waals surface area contributed by atoms with Gasteiger partial charge in [-0.2, -0.15) is 5.26 Å². The molecule has 0 spiro atoms. The van der Waals surface area contributed by atoms with Gasteiger partial charge in [0.15, 0.2) is 0 Å². The van der Waals surface area contributed by atoms with E-state index in [-0.39, 0.29) is 11.9 Å². The first kappa shape index (κ1) is 10.5. The van der Waals surface area contributed by atoms with Gasteiger partial charge in [0, 0.05) is 6.04 Å². The molecule has 82 valence electrons. The summed E-state index contributed by atoms with van der Waals surface area (Å²) in [5.41, 5.74) is 2.28. The maximum absolute atomic E-state index is 11.8. The first-order valence-electron chi connectivity index (χ1n) is 5.23. The van der Waals surface area contributed by atoms with Gasteiger partial charge in [-0.15, -0.1) is 0 Å². The molecule has 4 heteroatoms. The third kappa shape index (κ3) is 1.61. The number of hydrogen-bond acceptors (Lipinski definition) is 3. The average molecular weight is 215 g/mol. The summed E-state index contributed by atoms with van der Waals surface area (Å²) in [7, 11) is 0. The van der Waals surface area contributed by atoms with Crippen LogP contribution in [0.3, 0.4) is 0 Å². The van der Waals surface area contributed by atoms with Crippen molar-refractivity contribution in [3.63, 3.8) is 0 Å². The number of carbonyl (C=O) groups excluding carboxylic acids is 1. The maximum Gasteiger partial charge on any atom is 0.246 e. The normalized spacial score (nSPS) is 14.4. The van der Waals surface area contributed by atoms with Crippen molar-refractivity contribution in [2.24, 2.45) is 0 Å². The van der Waals surface area contributed by atoms with Gasteiger partial charge in [0.2, 0.25) is 5.91 Å². The molecule has 1 aliphatic rings. The molecule has 0 atom stereocenters. The van der Waals surface area contributed by atoms with Crippen molar-refractivity contribution >= 4 is 17.3 Å². The Morgan fingerprint density at radius 1 is 1.50 bits per heavy atom. The first-order valence-corrected chi connectivity index (χ1v) is 5.23. The average Bonchev–Trinajstić information content (AvgIpc) is 2.27. The molecule has 1 aromatic rings. The van der Waals surface area contributed by atoms with Crippen molar-refractivity contribution in [3.8, 4) is 6.07 Å². The molecule has 0 aliphatic carbocycles. The highest BCUT2D eigenvalue weighted by atomic mass is 16.2. The zero-order valence-corrected chi connectivity index (χ0v) is 9.32. The molecule has 0 aromatic heterocycles. The van der Waals surface area contributed by atoms with E-state index in [0.29, 0.717) is 12.1 Å². The third-order valence-electron chi connectivity index (χ3n) is 2.60. The first-order chi connectivity index (χ1) is 7.63. The van der Waals surface area contributed by atoms with E-state index in [1.807, 2.05) is 19.9 Å². The van der Waals surface area contributed by atoms with Crippen molar-refractivity contribution in [2.75, 3.05) is 16.8 Å². The molecule has 1 aromatic carbocycles. The third-order valence-corrected chi connectivity index (χ3v) is 2.60. The Kier molecular flexibility index (Phi) is 2.53. The van der Waals surface area contributed by atoms with Gasteiger partial charge in [0.25, 0.3) is 0 Å². The highest BCUT2D eigenvalue weighted by molar-refractivity contribution is 6.03. The van der Waals surface area contributed by atoms with Crippen LogP contribution in [-0.4, -0.2) is 18.5 Å². The highest BCUT2D eigenvalue weighted by Gasteiger charge is 2.26. The molecule has 0 radical (unpaired) electrons. The summed E-state index contributed by atoms with van der Waals surface area (Å²) in [5.74, 6) is 0.0394. The number of amides is 1. The van der Waals surface area contributed by atoms with Crippen LogP contribution in [0, 0.1) is 11.3 Å². The Balaban J connectivity index is 2.53. The fraction of sp³-hybridized carbons (Fsp3) is 0.333. The molecule has 0 bridgehead atoms. The Labute approximate surface area is 94.5 Å². The maximum atomic E-state index is 11.8. The van der Waals surface area contributed by atoms with Crippen LogP contribution in [0.1, 0.15) is 19.4 Å². The molecular formula is C12H13N3O. The van der Waals surface area contributed by atoms with Crippen LogP contribution in [0.2, 0.25) is 0 Å². The lowest BCUT2D eigenvalue weighted by molar-refractivity contribution is -0.117. The Bertz CT molecular complexity index is 474. The molecule has 0 fully saturated rings. The fourth-order valence-corrected chi connectivity index (χ4v) is 1.91. The lowest BCUT2D eigenvalue weighted by Gasteiger charge is -2.33. The monoisotopic (exact) mass is 215 g/mol. The number of carbonyl (C=O) groups is 1. The second kappa shape index (κ2) is 3.86. The lowest BCUT2D eigenvalue weighted by atomic mass is 10.1. The number of nitriles is 1. The van der Waals surface area contributed by atoms with E-state index in [1.165, 1.54) is 0 Å². The minimum absolute atomic E-state index is 0.0394. The number of nitrogens with zero attached hydrogens (tertiary/aromatic N) is 2. The van der Waals surface area contributed by atoms with Gasteiger partial charge in [-0.3, -0.25) is 4.79 Å². The summed E-state index contributed by atoms with van der Waals surface area (Å²) in [6.07, 6.45) is 0. The Morgan fingerprint density at radius 2 is 2.25 bits per heavy atom. The molecule has 2 rings (SSSR count). The molecule has 1 heterocycles. The van der Waals surface area contributed by atoms with Gasteiger partial charge in [-0.25, -0.2) is 0 Å². The molecular weight excluding hydrogens is 202 g/mol. The van der Waals surface area contributed by atoms with Gasteiger partial charge >= 0.3 is 0 Å². The molecule has 1 amide bonds. The number of fused-ring (bicyclic) bond motifs is 1. The van der Waals surface area contributed by atoms with Crippen LogP contribution in [0.5, 0.6) is 0 Å². The second-order valence-electron chi connectivity index (χ2n) is 4.05. The minimum atomic E-state index is 0.0394. The standard InChI is InChI=1S/C12H13N3O/c1-8(2)15-11-5-9(6-13)3-4-10(11)14-7-12(15)16/h3-5,8,14H,7H2,1-2H3. The van der Waals surface area contributed by atoms with Gasteiger partial charge in [-0.05, 0) is 32.0 Å². The SMILES string of the molecule is CC(C)N1C(=O)CNc2ccc(C#N)cc21. The van der Waals surface area contributed by atoms with Gasteiger partial charge < -0.3 is 10.2 Å². The summed E-state index contributed by atoms with van der Waals surface area (Å²) < 4.78 is 0. The van der Waals surface area contributed by atoms with Crippen LogP contribution >= 0.6 is 0 Å². The number of anilines is 2. The largest absolute Gasteiger partial charge is 0.374 e. The molecule has 0 saturated heterocycles. The van der Waals surface area contributed by atoms with E-state index >= 15 is 0 Å². The smallest absolute Gasteiger partial charge is 0.246 e. The summed E-state index contributed by atoms with van der Waals surface area (Å²) in [6, 6.07) is 7.53. The molecule has 4 nitrogen and oxygen atoms in total. The molecule has 1 N–H and O–H groups in total. The van der Waals surface area contributed by atoms with Crippen molar-refractivity contribution in [1.82, 2.24) is 0 Å². The van der Waals surface area contributed by atoms with Gasteiger partial charge in [0.05, 0.1) is 29.6 Å². The Hall–Kier alpha value is -2.02. The molecule has 0 saturated carbocycles. The van der Waals surface area contributed by atoms with E-state index in [9.17, 15) is 4.79 Å². The minimum Gasteiger partial charge on any atom is -0.374 e. The molecule has 0 unspecified atom stereocenters. The van der Waals surface area contributed by atoms with E-state index in [4.69, 9.17) is 5.26 Å².